The van der Waals surface area contributed by atoms with Crippen molar-refractivity contribution in [3.05, 3.63) is 83.4 Å². The standard InChI is InChI=1S/C34H40N2O11/c1-41-21-45-28-13-11-24(43-3)17-26(28)31(37)34(47-20-23-9-6-5-7-10-23)15-8-16-36(33(39)40)19-30(34)35-32(38)27-18-25(44-4)12-14-29(27)46-22-42-2/h5-7,9-14,17-18,30H,8,15-16,19-22H2,1-4H3,(H,35,38)(H,39,40)/t30-,34-/m1/s1. The highest BCUT2D eigenvalue weighted by molar-refractivity contribution is 6.06. The molecule has 1 saturated heterocycles. The number of ether oxygens (including phenoxy) is 7. The second kappa shape index (κ2) is 16.6. The highest BCUT2D eigenvalue weighted by atomic mass is 16.7. The number of nitrogens with zero attached hydrogens (tertiary/aromatic N) is 1. The number of nitrogens with one attached hydrogen (secondary N) is 1. The molecule has 13 heteroatoms. The molecule has 2 atom stereocenters. The molecule has 3 aromatic rings. The molecule has 1 aliphatic rings. The van der Waals surface area contributed by atoms with Crippen LogP contribution in [0, 0.1) is 0 Å². The minimum atomic E-state index is -1.76. The zero-order valence-corrected chi connectivity index (χ0v) is 26.9. The summed E-state index contributed by atoms with van der Waals surface area (Å²) in [5.74, 6) is -0.0144. The van der Waals surface area contributed by atoms with Crippen LogP contribution in [-0.4, -0.2) is 94.5 Å². The lowest BCUT2D eigenvalue weighted by atomic mass is 9.81. The molecule has 1 aliphatic heterocycles. The van der Waals surface area contributed by atoms with Gasteiger partial charge in [0.1, 0.15) is 23.0 Å². The van der Waals surface area contributed by atoms with E-state index in [9.17, 15) is 19.5 Å². The molecule has 1 fully saturated rings. The first-order chi connectivity index (χ1) is 22.8. The first-order valence-electron chi connectivity index (χ1n) is 14.9. The zero-order chi connectivity index (χ0) is 33.8. The molecular weight excluding hydrogens is 612 g/mol. The summed E-state index contributed by atoms with van der Waals surface area (Å²) < 4.78 is 39.0. The van der Waals surface area contributed by atoms with Crippen molar-refractivity contribution in [2.24, 2.45) is 0 Å². The maximum Gasteiger partial charge on any atom is 0.407 e. The number of carboxylic acid groups (broad SMARTS) is 1. The van der Waals surface area contributed by atoms with Crippen molar-refractivity contribution in [1.82, 2.24) is 10.2 Å². The topological polar surface area (TPSA) is 151 Å². The number of rotatable bonds is 15. The van der Waals surface area contributed by atoms with E-state index >= 15 is 0 Å². The molecule has 0 spiro atoms. The average molecular weight is 653 g/mol. The molecule has 1 heterocycles. The Kier molecular flexibility index (Phi) is 12.4. The molecular formula is C34H40N2O11. The Labute approximate surface area is 273 Å². The van der Waals surface area contributed by atoms with Crippen molar-refractivity contribution >= 4 is 17.8 Å². The third-order valence-corrected chi connectivity index (χ3v) is 7.77. The van der Waals surface area contributed by atoms with Gasteiger partial charge in [-0.2, -0.15) is 0 Å². The van der Waals surface area contributed by atoms with Crippen LogP contribution in [-0.2, 0) is 20.8 Å². The average Bonchev–Trinajstić information content (AvgIpc) is 3.28. The van der Waals surface area contributed by atoms with Crippen molar-refractivity contribution < 1.29 is 52.6 Å². The van der Waals surface area contributed by atoms with E-state index in [1.165, 1.54) is 40.6 Å². The number of benzene rings is 3. The lowest BCUT2D eigenvalue weighted by molar-refractivity contribution is -0.0587. The van der Waals surface area contributed by atoms with Crippen LogP contribution in [0.3, 0.4) is 0 Å². The number of carbonyl (C=O) groups excluding carboxylic acids is 2. The van der Waals surface area contributed by atoms with E-state index in [0.717, 1.165) is 10.5 Å². The minimum Gasteiger partial charge on any atom is -0.497 e. The molecule has 13 nitrogen and oxygen atoms in total. The van der Waals surface area contributed by atoms with Crippen LogP contribution in [0.5, 0.6) is 23.0 Å². The van der Waals surface area contributed by atoms with Crippen LogP contribution < -0.4 is 24.3 Å². The Morgan fingerprint density at radius 3 is 2.02 bits per heavy atom. The molecule has 252 valence electrons. The molecule has 2 amide bonds. The second-order valence-corrected chi connectivity index (χ2v) is 10.7. The lowest BCUT2D eigenvalue weighted by Crippen LogP contribution is -2.61. The zero-order valence-electron chi connectivity index (χ0n) is 26.9. The lowest BCUT2D eigenvalue weighted by Gasteiger charge is -2.39. The Morgan fingerprint density at radius 1 is 0.851 bits per heavy atom. The van der Waals surface area contributed by atoms with Crippen molar-refractivity contribution in [2.75, 3.05) is 55.1 Å². The molecule has 0 aliphatic carbocycles. The van der Waals surface area contributed by atoms with Gasteiger partial charge in [0.15, 0.2) is 19.2 Å². The Balaban J connectivity index is 1.86. The molecule has 4 rings (SSSR count). The minimum absolute atomic E-state index is 0.00832. The highest BCUT2D eigenvalue weighted by Crippen LogP contribution is 2.37. The van der Waals surface area contributed by atoms with Gasteiger partial charge < -0.3 is 48.5 Å². The summed E-state index contributed by atoms with van der Waals surface area (Å²) in [7, 11) is 5.83. The predicted molar refractivity (Wildman–Crippen MR) is 169 cm³/mol. The third-order valence-electron chi connectivity index (χ3n) is 7.77. The summed E-state index contributed by atoms with van der Waals surface area (Å²) in [6, 6.07) is 17.5. The molecule has 0 radical (unpaired) electrons. The molecule has 3 aromatic carbocycles. The van der Waals surface area contributed by atoms with E-state index in [4.69, 9.17) is 33.2 Å². The van der Waals surface area contributed by atoms with E-state index in [1.54, 1.807) is 24.3 Å². The van der Waals surface area contributed by atoms with Gasteiger partial charge >= 0.3 is 6.09 Å². The van der Waals surface area contributed by atoms with Gasteiger partial charge in [-0.05, 0) is 54.8 Å². The fraction of sp³-hybridized carbons (Fsp3) is 0.382. The van der Waals surface area contributed by atoms with E-state index in [0.29, 0.717) is 11.5 Å². The Bertz CT molecular complexity index is 1520. The molecule has 2 N–H and O–H groups in total. The molecule has 47 heavy (non-hydrogen) atoms. The van der Waals surface area contributed by atoms with Crippen molar-refractivity contribution in [3.63, 3.8) is 0 Å². The number of hydrogen-bond acceptors (Lipinski definition) is 10. The van der Waals surface area contributed by atoms with Crippen molar-refractivity contribution in [2.45, 2.75) is 31.1 Å². The van der Waals surface area contributed by atoms with Crippen molar-refractivity contribution in [3.8, 4) is 23.0 Å². The van der Waals surface area contributed by atoms with Gasteiger partial charge in [0.05, 0.1) is 38.0 Å². The summed E-state index contributed by atoms with van der Waals surface area (Å²) >= 11 is 0. The van der Waals surface area contributed by atoms with Crippen LogP contribution in [0.15, 0.2) is 66.7 Å². The Hall–Kier alpha value is -4.85. The molecule has 0 bridgehead atoms. The van der Waals surface area contributed by atoms with Gasteiger partial charge in [0.25, 0.3) is 5.91 Å². The maximum atomic E-state index is 15.0. The number of carbonyl (C=O) groups is 3. The SMILES string of the molecule is COCOc1ccc(OC)cc1C(=O)N[C@@H]1CN(C(=O)O)CCC[C@]1(OCc1ccccc1)C(=O)c1cc(OC)ccc1OCOC. The van der Waals surface area contributed by atoms with E-state index in [-0.39, 0.29) is 68.7 Å². The van der Waals surface area contributed by atoms with E-state index in [1.807, 2.05) is 30.3 Å². The fourth-order valence-corrected chi connectivity index (χ4v) is 5.39. The largest absolute Gasteiger partial charge is 0.497 e. The summed E-state index contributed by atoms with van der Waals surface area (Å²) in [6.07, 6.45) is -0.871. The predicted octanol–water partition coefficient (Wildman–Crippen LogP) is 4.38. The smallest absolute Gasteiger partial charge is 0.407 e. The van der Waals surface area contributed by atoms with E-state index < -0.39 is 29.4 Å². The number of amides is 2. The summed E-state index contributed by atoms with van der Waals surface area (Å²) in [4.78, 5) is 42.6. The monoisotopic (exact) mass is 652 g/mol. The van der Waals surface area contributed by atoms with Gasteiger partial charge in [-0.25, -0.2) is 4.79 Å². The number of Topliss-reactive ketones (excluding diaryl/α,β-unsaturated/α-hetero) is 1. The second-order valence-electron chi connectivity index (χ2n) is 10.7. The van der Waals surface area contributed by atoms with Gasteiger partial charge in [-0.15, -0.1) is 0 Å². The van der Waals surface area contributed by atoms with Crippen LogP contribution in [0.1, 0.15) is 39.1 Å². The summed E-state index contributed by atoms with van der Waals surface area (Å²) in [5, 5.41) is 13.0. The fourth-order valence-electron chi connectivity index (χ4n) is 5.39. The first-order valence-corrected chi connectivity index (χ1v) is 14.9. The van der Waals surface area contributed by atoms with Gasteiger partial charge in [0, 0.05) is 27.3 Å². The van der Waals surface area contributed by atoms with E-state index in [2.05, 4.69) is 5.32 Å². The third kappa shape index (κ3) is 8.50. The van der Waals surface area contributed by atoms with Crippen LogP contribution in [0.4, 0.5) is 4.79 Å². The summed E-state index contributed by atoms with van der Waals surface area (Å²) in [6.45, 7) is -0.426. The summed E-state index contributed by atoms with van der Waals surface area (Å²) in [5.41, 5.74) is -0.793. The normalized spacial score (nSPS) is 17.7. The Morgan fingerprint density at radius 2 is 1.45 bits per heavy atom. The quantitative estimate of drug-likeness (QED) is 0.178. The number of methoxy groups -OCH3 is 4. The van der Waals surface area contributed by atoms with Crippen LogP contribution in [0.2, 0.25) is 0 Å². The number of hydrogen-bond donors (Lipinski definition) is 2. The molecule has 0 saturated carbocycles. The maximum absolute atomic E-state index is 15.0. The van der Waals surface area contributed by atoms with Gasteiger partial charge in [0.2, 0.25) is 5.78 Å². The first kappa shape index (κ1) is 35.0. The van der Waals surface area contributed by atoms with Crippen molar-refractivity contribution in [1.29, 1.82) is 0 Å². The molecule has 0 unspecified atom stereocenters. The molecule has 0 aromatic heterocycles. The van der Waals surface area contributed by atoms with Gasteiger partial charge in [-0.3, -0.25) is 9.59 Å². The number of likely N-dealkylation sites (tertiary alicyclic amines) is 1. The van der Waals surface area contributed by atoms with Crippen LogP contribution in [0.25, 0.3) is 0 Å². The van der Waals surface area contributed by atoms with Gasteiger partial charge in [-0.1, -0.05) is 30.3 Å². The number of ketones is 1. The van der Waals surface area contributed by atoms with Crippen LogP contribution >= 0.6 is 0 Å². The highest BCUT2D eigenvalue weighted by Gasteiger charge is 2.51.